The Bertz CT molecular complexity index is 442. The van der Waals surface area contributed by atoms with Crippen LogP contribution in [0.2, 0.25) is 5.02 Å². The van der Waals surface area contributed by atoms with Crippen LogP contribution in [0.4, 0.5) is 0 Å². The molecule has 0 bridgehead atoms. The molecule has 1 atom stereocenters. The summed E-state index contributed by atoms with van der Waals surface area (Å²) in [5, 5.41) is 4.08. The van der Waals surface area contributed by atoms with Gasteiger partial charge in [-0.15, -0.1) is 0 Å². The molecule has 0 heterocycles. The molecule has 0 saturated carbocycles. The van der Waals surface area contributed by atoms with E-state index in [0.717, 1.165) is 12.1 Å². The molecule has 1 rings (SSSR count). The monoisotopic (exact) mass is 314 g/mol. The van der Waals surface area contributed by atoms with Crippen LogP contribution in [0.25, 0.3) is 0 Å². The molecule has 5 heteroatoms. The Morgan fingerprint density at radius 1 is 1.19 bits per heavy atom. The molecule has 1 N–H and O–H groups in total. The molecule has 4 nitrogen and oxygen atoms in total. The average molecular weight is 315 g/mol. The fourth-order valence-electron chi connectivity index (χ4n) is 2.44. The largest absolute Gasteiger partial charge is 0.493 e. The minimum atomic E-state index is 0.490. The number of nitrogens with zero attached hydrogens (tertiary/aromatic N) is 1. The van der Waals surface area contributed by atoms with E-state index in [4.69, 9.17) is 21.1 Å². The van der Waals surface area contributed by atoms with Crippen molar-refractivity contribution in [2.75, 3.05) is 34.9 Å². The van der Waals surface area contributed by atoms with Crippen LogP contribution < -0.4 is 14.8 Å². The summed E-state index contributed by atoms with van der Waals surface area (Å²) in [6.45, 7) is 6.08. The number of ether oxygens (including phenoxy) is 2. The number of likely N-dealkylation sites (N-methyl/N-ethyl adjacent to an activating group) is 1. The van der Waals surface area contributed by atoms with E-state index >= 15 is 0 Å². The van der Waals surface area contributed by atoms with Gasteiger partial charge in [-0.05, 0) is 31.6 Å². The highest BCUT2D eigenvalue weighted by molar-refractivity contribution is 6.33. The third kappa shape index (κ3) is 4.77. The van der Waals surface area contributed by atoms with Gasteiger partial charge in [0, 0.05) is 19.1 Å². The van der Waals surface area contributed by atoms with Gasteiger partial charge in [-0.1, -0.05) is 31.5 Å². The van der Waals surface area contributed by atoms with Crippen LogP contribution in [-0.2, 0) is 6.54 Å². The highest BCUT2D eigenvalue weighted by atomic mass is 35.5. The summed E-state index contributed by atoms with van der Waals surface area (Å²) in [4.78, 5) is 2.24. The van der Waals surface area contributed by atoms with Gasteiger partial charge < -0.3 is 19.7 Å². The second kappa shape index (κ2) is 8.47. The predicted molar refractivity (Wildman–Crippen MR) is 88.6 cm³/mol. The summed E-state index contributed by atoms with van der Waals surface area (Å²) in [6, 6.07) is 4.34. The lowest BCUT2D eigenvalue weighted by atomic mass is 10.0. The fourth-order valence-corrected chi connectivity index (χ4v) is 2.74. The van der Waals surface area contributed by atoms with Gasteiger partial charge in [0.25, 0.3) is 0 Å². The summed E-state index contributed by atoms with van der Waals surface area (Å²) in [6.07, 6.45) is 0. The molecule has 0 aliphatic carbocycles. The molecule has 1 aromatic carbocycles. The third-order valence-electron chi connectivity index (χ3n) is 3.67. The molecule has 0 saturated heterocycles. The van der Waals surface area contributed by atoms with Crippen molar-refractivity contribution < 1.29 is 9.47 Å². The normalized spacial score (nSPS) is 12.8. The van der Waals surface area contributed by atoms with Crippen LogP contribution in [-0.4, -0.2) is 45.8 Å². The molecule has 1 unspecified atom stereocenters. The van der Waals surface area contributed by atoms with Crippen LogP contribution in [0.15, 0.2) is 12.1 Å². The van der Waals surface area contributed by atoms with Gasteiger partial charge in [0.15, 0.2) is 11.5 Å². The maximum absolute atomic E-state index is 6.38. The predicted octanol–water partition coefficient (Wildman–Crippen LogP) is 3.03. The molecule has 1 aromatic rings. The van der Waals surface area contributed by atoms with Crippen LogP contribution in [0.5, 0.6) is 11.5 Å². The molecule has 120 valence electrons. The average Bonchev–Trinajstić information content (AvgIpc) is 2.43. The van der Waals surface area contributed by atoms with Crippen LogP contribution in [0, 0.1) is 5.92 Å². The van der Waals surface area contributed by atoms with E-state index in [1.54, 1.807) is 14.2 Å². The van der Waals surface area contributed by atoms with Gasteiger partial charge in [0.05, 0.1) is 19.2 Å². The molecule has 21 heavy (non-hydrogen) atoms. The molecule has 0 aromatic heterocycles. The lowest BCUT2D eigenvalue weighted by molar-refractivity contribution is 0.224. The maximum atomic E-state index is 6.38. The number of nitrogens with one attached hydrogen (secondary N) is 1. The first kappa shape index (κ1) is 18.1. The number of methoxy groups -OCH3 is 2. The van der Waals surface area contributed by atoms with Crippen LogP contribution in [0.3, 0.4) is 0 Å². The highest BCUT2D eigenvalue weighted by Crippen LogP contribution is 2.37. The van der Waals surface area contributed by atoms with E-state index in [-0.39, 0.29) is 0 Å². The first-order valence-corrected chi connectivity index (χ1v) is 7.56. The SMILES string of the molecule is COc1ccc(CNCC(C(C)C)N(C)C)c(Cl)c1OC. The summed E-state index contributed by atoms with van der Waals surface area (Å²) in [5.41, 5.74) is 1.01. The molecule has 0 aliphatic heterocycles. The van der Waals surface area contributed by atoms with E-state index in [0.29, 0.717) is 35.0 Å². The van der Waals surface area contributed by atoms with Gasteiger partial charge in [0.1, 0.15) is 0 Å². The topological polar surface area (TPSA) is 33.7 Å². The van der Waals surface area contributed by atoms with Gasteiger partial charge in [-0.25, -0.2) is 0 Å². The summed E-state index contributed by atoms with van der Waals surface area (Å²) in [5.74, 6) is 1.83. The second-order valence-corrected chi connectivity index (χ2v) is 6.06. The van der Waals surface area contributed by atoms with Crippen molar-refractivity contribution in [2.24, 2.45) is 5.92 Å². The lowest BCUT2D eigenvalue weighted by Gasteiger charge is -2.28. The molecule has 0 spiro atoms. The number of benzene rings is 1. The van der Waals surface area contributed by atoms with Gasteiger partial charge >= 0.3 is 0 Å². The maximum Gasteiger partial charge on any atom is 0.179 e. The number of halogens is 1. The zero-order valence-corrected chi connectivity index (χ0v) is 14.6. The van der Waals surface area contributed by atoms with E-state index < -0.39 is 0 Å². The van der Waals surface area contributed by atoms with Crippen molar-refractivity contribution in [3.05, 3.63) is 22.7 Å². The van der Waals surface area contributed by atoms with Crippen molar-refractivity contribution in [3.8, 4) is 11.5 Å². The Hall–Kier alpha value is -0.970. The molecule has 0 radical (unpaired) electrons. The van der Waals surface area contributed by atoms with E-state index in [1.807, 2.05) is 12.1 Å². The van der Waals surface area contributed by atoms with Gasteiger partial charge in [-0.3, -0.25) is 0 Å². The first-order chi connectivity index (χ1) is 9.92. The van der Waals surface area contributed by atoms with Crippen LogP contribution in [0.1, 0.15) is 19.4 Å². The molecule has 0 aliphatic rings. The third-order valence-corrected chi connectivity index (χ3v) is 4.08. The smallest absolute Gasteiger partial charge is 0.179 e. The number of hydrogen-bond acceptors (Lipinski definition) is 4. The minimum absolute atomic E-state index is 0.490. The van der Waals surface area contributed by atoms with Crippen LogP contribution >= 0.6 is 11.6 Å². The standard InChI is InChI=1S/C16H27ClN2O2/c1-11(2)13(19(3)4)10-18-9-12-7-8-14(20-5)16(21-6)15(12)17/h7-8,11,13,18H,9-10H2,1-6H3. The Morgan fingerprint density at radius 3 is 2.33 bits per heavy atom. The van der Waals surface area contributed by atoms with E-state index in [1.165, 1.54) is 0 Å². The quantitative estimate of drug-likeness (QED) is 0.799. The number of rotatable bonds is 8. The van der Waals surface area contributed by atoms with Crippen molar-refractivity contribution in [3.63, 3.8) is 0 Å². The van der Waals surface area contributed by atoms with Gasteiger partial charge in [-0.2, -0.15) is 0 Å². The molecular weight excluding hydrogens is 288 g/mol. The molecule has 0 amide bonds. The van der Waals surface area contributed by atoms with Gasteiger partial charge in [0.2, 0.25) is 0 Å². The zero-order chi connectivity index (χ0) is 16.0. The van der Waals surface area contributed by atoms with Crippen molar-refractivity contribution in [2.45, 2.75) is 26.4 Å². The Morgan fingerprint density at radius 2 is 1.86 bits per heavy atom. The lowest BCUT2D eigenvalue weighted by Crippen LogP contribution is -2.41. The minimum Gasteiger partial charge on any atom is -0.493 e. The van der Waals surface area contributed by atoms with E-state index in [9.17, 15) is 0 Å². The second-order valence-electron chi connectivity index (χ2n) is 5.68. The molecular formula is C16H27ClN2O2. The van der Waals surface area contributed by atoms with Crippen molar-refractivity contribution in [1.82, 2.24) is 10.2 Å². The van der Waals surface area contributed by atoms with Crippen molar-refractivity contribution in [1.29, 1.82) is 0 Å². The zero-order valence-electron chi connectivity index (χ0n) is 13.9. The molecule has 0 fully saturated rings. The summed E-state index contributed by atoms with van der Waals surface area (Å²) >= 11 is 6.38. The van der Waals surface area contributed by atoms with E-state index in [2.05, 4.69) is 38.2 Å². The summed E-state index contributed by atoms with van der Waals surface area (Å²) < 4.78 is 10.6. The Labute approximate surface area is 133 Å². The number of hydrogen-bond donors (Lipinski definition) is 1. The van der Waals surface area contributed by atoms with Crippen molar-refractivity contribution >= 4 is 11.6 Å². The fraction of sp³-hybridized carbons (Fsp3) is 0.625. The Kier molecular flexibility index (Phi) is 7.29. The Balaban J connectivity index is 2.72. The summed E-state index contributed by atoms with van der Waals surface area (Å²) in [7, 11) is 7.42. The highest BCUT2D eigenvalue weighted by Gasteiger charge is 2.16. The first-order valence-electron chi connectivity index (χ1n) is 7.18.